The largest absolute Gasteiger partial charge is 0.407 e. The maximum Gasteiger partial charge on any atom is 0.407 e. The van der Waals surface area contributed by atoms with Crippen molar-refractivity contribution in [3.63, 3.8) is 0 Å². The number of benzene rings is 1. The van der Waals surface area contributed by atoms with Crippen molar-refractivity contribution in [2.75, 3.05) is 7.05 Å². The summed E-state index contributed by atoms with van der Waals surface area (Å²) >= 11 is 0. The van der Waals surface area contributed by atoms with Crippen LogP contribution in [0.5, 0.6) is 0 Å². The molecule has 1 rings (SSSR count). The molecule has 1 aromatic rings. The van der Waals surface area contributed by atoms with E-state index >= 15 is 0 Å². The lowest BCUT2D eigenvalue weighted by molar-refractivity contribution is -0.145. The summed E-state index contributed by atoms with van der Waals surface area (Å²) in [6.45, 7) is 1.47. The van der Waals surface area contributed by atoms with Crippen LogP contribution >= 0.6 is 0 Å². The van der Waals surface area contributed by atoms with Crippen molar-refractivity contribution < 1.29 is 13.2 Å². The zero-order valence-corrected chi connectivity index (χ0v) is 9.18. The molecule has 0 aliphatic carbocycles. The molecule has 0 fully saturated rings. The Morgan fingerprint density at radius 3 is 2.25 bits per heavy atom. The average molecular weight is 229 g/mol. The third-order valence-electron chi connectivity index (χ3n) is 2.27. The first kappa shape index (κ1) is 12.8. The molecule has 0 heterocycles. The van der Waals surface area contributed by atoms with Crippen LogP contribution in [0, 0.1) is 0 Å². The molecule has 0 aromatic heterocycles. The fourth-order valence-electron chi connectivity index (χ4n) is 1.54. The van der Waals surface area contributed by atoms with Crippen LogP contribution in [0.4, 0.5) is 13.2 Å². The van der Waals surface area contributed by atoms with E-state index in [0.717, 1.165) is 5.56 Å². The van der Waals surface area contributed by atoms with Crippen LogP contribution in [0.1, 0.15) is 12.5 Å². The van der Waals surface area contributed by atoms with Gasteiger partial charge in [0.2, 0.25) is 0 Å². The van der Waals surface area contributed by atoms with E-state index in [2.05, 4.69) is 5.32 Å². The number of hydrogen-bond donors (Lipinski definition) is 1. The van der Waals surface area contributed by atoms with Crippen LogP contribution in [0.3, 0.4) is 0 Å². The predicted octanol–water partition coefficient (Wildman–Crippen LogP) is 3.24. The van der Waals surface area contributed by atoms with Crippen molar-refractivity contribution in [1.82, 2.24) is 5.32 Å². The minimum Gasteiger partial charge on any atom is -0.306 e. The van der Waals surface area contributed by atoms with E-state index < -0.39 is 12.2 Å². The summed E-state index contributed by atoms with van der Waals surface area (Å²) in [7, 11) is 1.31. The topological polar surface area (TPSA) is 12.0 Å². The first-order valence-electron chi connectivity index (χ1n) is 4.92. The molecule has 16 heavy (non-hydrogen) atoms. The number of hydrogen-bond acceptors (Lipinski definition) is 1. The van der Waals surface area contributed by atoms with Gasteiger partial charge in [-0.3, -0.25) is 0 Å². The van der Waals surface area contributed by atoms with Crippen molar-refractivity contribution in [2.24, 2.45) is 0 Å². The fourth-order valence-corrected chi connectivity index (χ4v) is 1.54. The van der Waals surface area contributed by atoms with Gasteiger partial charge >= 0.3 is 6.18 Å². The Labute approximate surface area is 93.0 Å². The molecule has 1 N–H and O–H groups in total. The Kier molecular flexibility index (Phi) is 4.12. The van der Waals surface area contributed by atoms with Crippen molar-refractivity contribution >= 4 is 6.08 Å². The second kappa shape index (κ2) is 5.16. The van der Waals surface area contributed by atoms with E-state index in [1.807, 2.05) is 6.07 Å². The van der Waals surface area contributed by atoms with Gasteiger partial charge in [-0.15, -0.1) is 0 Å². The van der Waals surface area contributed by atoms with Crippen LogP contribution in [0.25, 0.3) is 6.08 Å². The number of halogens is 3. The highest BCUT2D eigenvalue weighted by Gasteiger charge is 2.39. The highest BCUT2D eigenvalue weighted by molar-refractivity contribution is 5.53. The Morgan fingerprint density at radius 2 is 1.81 bits per heavy atom. The van der Waals surface area contributed by atoms with E-state index in [-0.39, 0.29) is 5.57 Å². The van der Waals surface area contributed by atoms with Crippen molar-refractivity contribution in [1.29, 1.82) is 0 Å². The summed E-state index contributed by atoms with van der Waals surface area (Å²) in [4.78, 5) is 0. The summed E-state index contributed by atoms with van der Waals surface area (Å²) in [5.41, 5.74) is 1.02. The third-order valence-corrected chi connectivity index (χ3v) is 2.27. The van der Waals surface area contributed by atoms with Gasteiger partial charge in [-0.05, 0) is 25.1 Å². The van der Waals surface area contributed by atoms with Gasteiger partial charge in [-0.2, -0.15) is 13.2 Å². The minimum absolute atomic E-state index is 0.251. The number of rotatable bonds is 3. The molecule has 0 aliphatic rings. The van der Waals surface area contributed by atoms with E-state index in [1.54, 1.807) is 24.3 Å². The molecule has 1 aromatic carbocycles. The number of likely N-dealkylation sites (N-methyl/N-ethyl adjacent to an activating group) is 1. The summed E-state index contributed by atoms with van der Waals surface area (Å²) < 4.78 is 37.7. The number of alkyl halides is 3. The first-order valence-corrected chi connectivity index (χ1v) is 4.92. The van der Waals surface area contributed by atoms with Crippen LogP contribution in [0.15, 0.2) is 35.9 Å². The molecule has 4 heteroatoms. The molecule has 0 radical (unpaired) electrons. The van der Waals surface area contributed by atoms with Crippen LogP contribution in [0.2, 0.25) is 0 Å². The van der Waals surface area contributed by atoms with Crippen LogP contribution in [-0.4, -0.2) is 19.3 Å². The zero-order chi connectivity index (χ0) is 12.2. The van der Waals surface area contributed by atoms with E-state index in [0.29, 0.717) is 0 Å². The standard InChI is InChI=1S/C12H14F3N/c1-9(11(16-2)12(13,14)15)8-10-6-4-3-5-7-10/h3-8,11,16H,1-2H3/b9-8+. The van der Waals surface area contributed by atoms with E-state index in [4.69, 9.17) is 0 Å². The van der Waals surface area contributed by atoms with Crippen LogP contribution in [-0.2, 0) is 0 Å². The van der Waals surface area contributed by atoms with E-state index in [1.165, 1.54) is 20.0 Å². The van der Waals surface area contributed by atoms with Gasteiger partial charge in [0.1, 0.15) is 6.04 Å². The number of nitrogens with one attached hydrogen (secondary N) is 1. The van der Waals surface area contributed by atoms with Crippen molar-refractivity contribution in [2.45, 2.75) is 19.1 Å². The fraction of sp³-hybridized carbons (Fsp3) is 0.333. The monoisotopic (exact) mass is 229 g/mol. The smallest absolute Gasteiger partial charge is 0.306 e. The van der Waals surface area contributed by atoms with Gasteiger partial charge in [-0.1, -0.05) is 36.4 Å². The van der Waals surface area contributed by atoms with Gasteiger partial charge in [-0.25, -0.2) is 0 Å². The maximum atomic E-state index is 12.6. The molecular weight excluding hydrogens is 215 g/mol. The molecule has 0 amide bonds. The Morgan fingerprint density at radius 1 is 1.25 bits per heavy atom. The lowest BCUT2D eigenvalue weighted by Crippen LogP contribution is -2.40. The zero-order valence-electron chi connectivity index (χ0n) is 9.18. The lowest BCUT2D eigenvalue weighted by Gasteiger charge is -2.20. The van der Waals surface area contributed by atoms with Gasteiger partial charge < -0.3 is 5.32 Å². The summed E-state index contributed by atoms with van der Waals surface area (Å²) in [5.74, 6) is 0. The summed E-state index contributed by atoms with van der Waals surface area (Å²) in [5, 5.41) is 2.27. The summed E-state index contributed by atoms with van der Waals surface area (Å²) in [6, 6.07) is 7.36. The van der Waals surface area contributed by atoms with Gasteiger partial charge in [0, 0.05) is 0 Å². The summed E-state index contributed by atoms with van der Waals surface area (Å²) in [6.07, 6.45) is -2.72. The molecule has 1 unspecified atom stereocenters. The van der Waals surface area contributed by atoms with Gasteiger partial charge in [0.25, 0.3) is 0 Å². The Hall–Kier alpha value is -1.29. The molecule has 0 saturated carbocycles. The van der Waals surface area contributed by atoms with Gasteiger partial charge in [0.05, 0.1) is 0 Å². The minimum atomic E-state index is -4.26. The quantitative estimate of drug-likeness (QED) is 0.839. The van der Waals surface area contributed by atoms with Crippen molar-refractivity contribution in [3.05, 3.63) is 41.5 Å². The SMILES string of the molecule is CNC(/C(C)=C/c1ccccc1)C(F)(F)F. The van der Waals surface area contributed by atoms with Crippen molar-refractivity contribution in [3.8, 4) is 0 Å². The molecule has 88 valence electrons. The second-order valence-corrected chi connectivity index (χ2v) is 3.56. The molecule has 1 atom stereocenters. The molecule has 0 saturated heterocycles. The Balaban J connectivity index is 2.92. The predicted molar refractivity (Wildman–Crippen MR) is 59.0 cm³/mol. The van der Waals surface area contributed by atoms with Gasteiger partial charge in [0.15, 0.2) is 0 Å². The first-order chi connectivity index (χ1) is 7.45. The lowest BCUT2D eigenvalue weighted by atomic mass is 10.1. The maximum absolute atomic E-state index is 12.6. The molecule has 0 spiro atoms. The molecular formula is C12H14F3N. The molecule has 0 aliphatic heterocycles. The average Bonchev–Trinajstić information content (AvgIpc) is 2.17. The normalized spacial score (nSPS) is 14.9. The third kappa shape index (κ3) is 3.38. The van der Waals surface area contributed by atoms with E-state index in [9.17, 15) is 13.2 Å². The molecule has 0 bridgehead atoms. The highest BCUT2D eigenvalue weighted by atomic mass is 19.4. The Bertz CT molecular complexity index is 354. The highest BCUT2D eigenvalue weighted by Crippen LogP contribution is 2.26. The van der Waals surface area contributed by atoms with Crippen LogP contribution < -0.4 is 5.32 Å². The second-order valence-electron chi connectivity index (χ2n) is 3.56. The molecule has 1 nitrogen and oxygen atoms in total.